The molecule has 0 aliphatic rings. The first-order valence-corrected chi connectivity index (χ1v) is 9.82. The zero-order chi connectivity index (χ0) is 20.9. The van der Waals surface area contributed by atoms with Gasteiger partial charge in [0.05, 0.1) is 13.2 Å². The Hall–Kier alpha value is -2.79. The van der Waals surface area contributed by atoms with Gasteiger partial charge < -0.3 is 19.0 Å². The molecule has 0 atom stereocenters. The summed E-state index contributed by atoms with van der Waals surface area (Å²) in [6, 6.07) is 12.3. The lowest BCUT2D eigenvalue weighted by atomic mass is 10.1. The summed E-state index contributed by atoms with van der Waals surface area (Å²) in [6.07, 6.45) is 6.45. The van der Waals surface area contributed by atoms with Crippen LogP contribution in [0.3, 0.4) is 0 Å². The number of benzene rings is 2. The van der Waals surface area contributed by atoms with Crippen molar-refractivity contribution in [1.82, 2.24) is 0 Å². The molecule has 2 aromatic rings. The lowest BCUT2D eigenvalue weighted by Gasteiger charge is -2.14. The van der Waals surface area contributed by atoms with Crippen LogP contribution in [-0.4, -0.2) is 33.1 Å². The SMILES string of the molecule is C/C=C/COc1cc(C)c(OCCOCc2ccc(C/C=N/OC)cc2)c(C)c1. The molecule has 0 heterocycles. The van der Waals surface area contributed by atoms with Crippen molar-refractivity contribution in [2.45, 2.75) is 33.8 Å². The van der Waals surface area contributed by atoms with E-state index >= 15 is 0 Å². The van der Waals surface area contributed by atoms with Gasteiger partial charge in [-0.25, -0.2) is 0 Å². The van der Waals surface area contributed by atoms with E-state index in [1.54, 1.807) is 13.3 Å². The number of ether oxygens (including phenoxy) is 3. The molecule has 156 valence electrons. The maximum Gasteiger partial charge on any atom is 0.125 e. The highest BCUT2D eigenvalue weighted by Crippen LogP contribution is 2.28. The maximum atomic E-state index is 5.94. The largest absolute Gasteiger partial charge is 0.491 e. The van der Waals surface area contributed by atoms with Crippen molar-refractivity contribution in [2.24, 2.45) is 5.16 Å². The Labute approximate surface area is 173 Å². The molecule has 0 spiro atoms. The Morgan fingerprint density at radius 3 is 2.28 bits per heavy atom. The minimum atomic E-state index is 0.506. The van der Waals surface area contributed by atoms with Crippen molar-refractivity contribution in [2.75, 3.05) is 26.9 Å². The van der Waals surface area contributed by atoms with Crippen molar-refractivity contribution in [3.05, 3.63) is 70.8 Å². The lowest BCUT2D eigenvalue weighted by Crippen LogP contribution is -2.08. The zero-order valence-corrected chi connectivity index (χ0v) is 17.8. The number of hydrogen-bond acceptors (Lipinski definition) is 5. The van der Waals surface area contributed by atoms with Gasteiger partial charge >= 0.3 is 0 Å². The molecule has 0 bridgehead atoms. The van der Waals surface area contributed by atoms with E-state index in [2.05, 4.69) is 34.3 Å². The Bertz CT molecular complexity index is 774. The molecule has 2 aromatic carbocycles. The monoisotopic (exact) mass is 397 g/mol. The Balaban J connectivity index is 1.74. The van der Waals surface area contributed by atoms with Crippen LogP contribution >= 0.6 is 0 Å². The molecular weight excluding hydrogens is 366 g/mol. The molecule has 0 aromatic heterocycles. The van der Waals surface area contributed by atoms with E-state index in [1.165, 1.54) is 5.56 Å². The van der Waals surface area contributed by atoms with Gasteiger partial charge in [0, 0.05) is 12.6 Å². The average molecular weight is 398 g/mol. The average Bonchev–Trinajstić information content (AvgIpc) is 2.71. The highest BCUT2D eigenvalue weighted by molar-refractivity contribution is 5.60. The van der Waals surface area contributed by atoms with Crippen LogP contribution < -0.4 is 9.47 Å². The summed E-state index contributed by atoms with van der Waals surface area (Å²) in [4.78, 5) is 4.66. The number of allylic oxidation sites excluding steroid dienone is 1. The number of aryl methyl sites for hydroxylation is 2. The van der Waals surface area contributed by atoms with E-state index in [-0.39, 0.29) is 0 Å². The molecule has 0 amide bonds. The Morgan fingerprint density at radius 1 is 0.931 bits per heavy atom. The quantitative estimate of drug-likeness (QED) is 0.218. The summed E-state index contributed by atoms with van der Waals surface area (Å²) < 4.78 is 17.4. The second kappa shape index (κ2) is 12.6. The second-order valence-electron chi connectivity index (χ2n) is 6.66. The second-order valence-corrected chi connectivity index (χ2v) is 6.66. The van der Waals surface area contributed by atoms with Gasteiger partial charge in [-0.2, -0.15) is 0 Å². The topological polar surface area (TPSA) is 49.3 Å². The van der Waals surface area contributed by atoms with E-state index in [1.807, 2.05) is 45.1 Å². The molecule has 0 aliphatic heterocycles. The smallest absolute Gasteiger partial charge is 0.125 e. The summed E-state index contributed by atoms with van der Waals surface area (Å²) >= 11 is 0. The van der Waals surface area contributed by atoms with Crippen LogP contribution in [0.4, 0.5) is 0 Å². The van der Waals surface area contributed by atoms with Gasteiger partial charge in [-0.15, -0.1) is 0 Å². The molecule has 0 N–H and O–H groups in total. The Morgan fingerprint density at radius 2 is 1.62 bits per heavy atom. The van der Waals surface area contributed by atoms with Gasteiger partial charge in [-0.1, -0.05) is 41.6 Å². The first-order valence-electron chi connectivity index (χ1n) is 9.82. The van der Waals surface area contributed by atoms with E-state index < -0.39 is 0 Å². The van der Waals surface area contributed by atoms with Crippen LogP contribution in [0.5, 0.6) is 11.5 Å². The van der Waals surface area contributed by atoms with Crippen molar-refractivity contribution in [3.8, 4) is 11.5 Å². The summed E-state index contributed by atoms with van der Waals surface area (Å²) in [5.41, 5.74) is 4.44. The minimum absolute atomic E-state index is 0.506. The van der Waals surface area contributed by atoms with Crippen molar-refractivity contribution >= 4 is 6.21 Å². The van der Waals surface area contributed by atoms with Crippen molar-refractivity contribution in [1.29, 1.82) is 0 Å². The minimum Gasteiger partial charge on any atom is -0.491 e. The van der Waals surface area contributed by atoms with Crippen LogP contribution in [0, 0.1) is 13.8 Å². The summed E-state index contributed by atoms with van der Waals surface area (Å²) in [7, 11) is 1.54. The molecule has 0 unspecified atom stereocenters. The third-order valence-electron chi connectivity index (χ3n) is 4.29. The predicted molar refractivity (Wildman–Crippen MR) is 117 cm³/mol. The molecule has 0 radical (unpaired) electrons. The van der Waals surface area contributed by atoms with Gasteiger partial charge in [0.1, 0.15) is 31.8 Å². The summed E-state index contributed by atoms with van der Waals surface area (Å²) in [6.45, 7) is 8.21. The van der Waals surface area contributed by atoms with Crippen LogP contribution in [-0.2, 0) is 22.6 Å². The van der Waals surface area contributed by atoms with E-state index in [9.17, 15) is 0 Å². The fourth-order valence-corrected chi connectivity index (χ4v) is 2.84. The lowest BCUT2D eigenvalue weighted by molar-refractivity contribution is 0.0884. The van der Waals surface area contributed by atoms with E-state index in [0.29, 0.717) is 26.4 Å². The molecular formula is C24H31NO4. The number of oxime groups is 1. The molecule has 5 nitrogen and oxygen atoms in total. The van der Waals surface area contributed by atoms with Crippen molar-refractivity contribution in [3.63, 3.8) is 0 Å². The van der Waals surface area contributed by atoms with E-state index in [0.717, 1.165) is 34.6 Å². The standard InChI is InChI=1S/C24H31NO4/c1-5-6-13-28-23-16-19(2)24(20(3)17-23)29-15-14-27-18-22-9-7-21(8-10-22)11-12-25-26-4/h5-10,12,16-17H,11,13-15,18H2,1-4H3/b6-5+,25-12+. The molecule has 0 aliphatic carbocycles. The van der Waals surface area contributed by atoms with Crippen molar-refractivity contribution < 1.29 is 19.0 Å². The molecule has 2 rings (SSSR count). The van der Waals surface area contributed by atoms with Gasteiger partial charge in [0.2, 0.25) is 0 Å². The third kappa shape index (κ3) is 8.00. The first kappa shape index (κ1) is 22.5. The Kier molecular flexibility index (Phi) is 9.80. The molecule has 0 fully saturated rings. The van der Waals surface area contributed by atoms with Crippen LogP contribution in [0.2, 0.25) is 0 Å². The molecule has 0 saturated heterocycles. The number of nitrogens with zero attached hydrogens (tertiary/aromatic N) is 1. The fourth-order valence-electron chi connectivity index (χ4n) is 2.84. The normalized spacial score (nSPS) is 11.3. The molecule has 29 heavy (non-hydrogen) atoms. The van der Waals surface area contributed by atoms with Crippen LogP contribution in [0.15, 0.2) is 53.7 Å². The van der Waals surface area contributed by atoms with Gasteiger partial charge in [0.25, 0.3) is 0 Å². The van der Waals surface area contributed by atoms with Crippen LogP contribution in [0.1, 0.15) is 29.2 Å². The molecule has 0 saturated carbocycles. The maximum absolute atomic E-state index is 5.94. The number of hydrogen-bond donors (Lipinski definition) is 0. The highest BCUT2D eigenvalue weighted by atomic mass is 16.6. The zero-order valence-electron chi connectivity index (χ0n) is 17.8. The third-order valence-corrected chi connectivity index (χ3v) is 4.29. The number of rotatable bonds is 12. The summed E-state index contributed by atoms with van der Waals surface area (Å²) in [5, 5.41) is 3.74. The van der Waals surface area contributed by atoms with Gasteiger partial charge in [0.15, 0.2) is 0 Å². The van der Waals surface area contributed by atoms with Gasteiger partial charge in [-0.05, 0) is 55.2 Å². The van der Waals surface area contributed by atoms with E-state index in [4.69, 9.17) is 14.2 Å². The fraction of sp³-hybridized carbons (Fsp3) is 0.375. The molecule has 5 heteroatoms. The van der Waals surface area contributed by atoms with Gasteiger partial charge in [-0.3, -0.25) is 0 Å². The first-order chi connectivity index (χ1) is 14.1. The summed E-state index contributed by atoms with van der Waals surface area (Å²) in [5.74, 6) is 1.76. The predicted octanol–water partition coefficient (Wildman–Crippen LogP) is 5.03. The van der Waals surface area contributed by atoms with Crippen LogP contribution in [0.25, 0.3) is 0 Å². The highest BCUT2D eigenvalue weighted by Gasteiger charge is 2.07.